The van der Waals surface area contributed by atoms with E-state index < -0.39 is 17.8 Å². The molecule has 0 saturated heterocycles. The Labute approximate surface area is 137 Å². The summed E-state index contributed by atoms with van der Waals surface area (Å²) in [4.78, 5) is 5.25. The lowest BCUT2D eigenvalue weighted by molar-refractivity contribution is -0.137. The third-order valence-corrected chi connectivity index (χ3v) is 4.71. The molecule has 1 aromatic heterocycles. The number of aliphatic hydroxyl groups excluding tert-OH is 1. The number of aryl methyl sites for hydroxylation is 1. The SMILES string of the molecule is CCC(NCc1scnc1C)C(O)c1ccc(C(F)(F)F)cc1. The molecule has 23 heavy (non-hydrogen) atoms. The second-order valence-electron chi connectivity index (χ2n) is 5.32. The van der Waals surface area contributed by atoms with E-state index in [1.165, 1.54) is 23.5 Å². The van der Waals surface area contributed by atoms with E-state index in [0.717, 1.165) is 22.7 Å². The molecule has 1 heterocycles. The third-order valence-electron chi connectivity index (χ3n) is 3.77. The van der Waals surface area contributed by atoms with E-state index in [1.54, 1.807) is 5.51 Å². The van der Waals surface area contributed by atoms with E-state index in [0.29, 0.717) is 18.5 Å². The van der Waals surface area contributed by atoms with Crippen molar-refractivity contribution in [1.29, 1.82) is 0 Å². The first-order valence-electron chi connectivity index (χ1n) is 7.30. The van der Waals surface area contributed by atoms with Gasteiger partial charge in [-0.05, 0) is 31.0 Å². The molecule has 1 aromatic carbocycles. The van der Waals surface area contributed by atoms with Crippen LogP contribution < -0.4 is 5.32 Å². The van der Waals surface area contributed by atoms with Crippen LogP contribution in [0.15, 0.2) is 29.8 Å². The Morgan fingerprint density at radius 2 is 1.91 bits per heavy atom. The van der Waals surface area contributed by atoms with Gasteiger partial charge in [-0.3, -0.25) is 0 Å². The normalized spacial score (nSPS) is 14.7. The first-order chi connectivity index (χ1) is 10.8. The van der Waals surface area contributed by atoms with Crippen molar-refractivity contribution >= 4 is 11.3 Å². The van der Waals surface area contributed by atoms with Gasteiger partial charge in [0, 0.05) is 17.5 Å². The quantitative estimate of drug-likeness (QED) is 0.830. The molecular formula is C16H19F3N2OS. The number of aliphatic hydroxyl groups is 1. The first-order valence-corrected chi connectivity index (χ1v) is 8.18. The van der Waals surface area contributed by atoms with Gasteiger partial charge in [-0.1, -0.05) is 19.1 Å². The van der Waals surface area contributed by atoms with Crippen LogP contribution in [0.4, 0.5) is 13.2 Å². The summed E-state index contributed by atoms with van der Waals surface area (Å²) >= 11 is 1.53. The number of rotatable bonds is 6. The molecule has 0 saturated carbocycles. The molecule has 0 aliphatic carbocycles. The number of aromatic nitrogens is 1. The van der Waals surface area contributed by atoms with E-state index in [1.807, 2.05) is 13.8 Å². The number of thiazole rings is 1. The first kappa shape index (κ1) is 17.9. The molecule has 2 unspecified atom stereocenters. The monoisotopic (exact) mass is 344 g/mol. The second kappa shape index (κ2) is 7.42. The summed E-state index contributed by atoms with van der Waals surface area (Å²) in [6.07, 6.45) is -4.58. The van der Waals surface area contributed by atoms with Crippen molar-refractivity contribution in [1.82, 2.24) is 10.3 Å². The zero-order valence-corrected chi connectivity index (χ0v) is 13.7. The Hall–Kier alpha value is -1.44. The molecular weight excluding hydrogens is 325 g/mol. The molecule has 2 rings (SSSR count). The summed E-state index contributed by atoms with van der Waals surface area (Å²) in [6, 6.07) is 4.41. The van der Waals surface area contributed by atoms with Crippen molar-refractivity contribution in [2.24, 2.45) is 0 Å². The van der Waals surface area contributed by atoms with Gasteiger partial charge in [-0.15, -0.1) is 11.3 Å². The Kier molecular flexibility index (Phi) is 5.78. The van der Waals surface area contributed by atoms with E-state index in [-0.39, 0.29) is 6.04 Å². The maximum absolute atomic E-state index is 12.6. The zero-order chi connectivity index (χ0) is 17.0. The van der Waals surface area contributed by atoms with E-state index in [9.17, 15) is 18.3 Å². The highest BCUT2D eigenvalue weighted by molar-refractivity contribution is 7.09. The fourth-order valence-corrected chi connectivity index (χ4v) is 3.03. The fraction of sp³-hybridized carbons (Fsp3) is 0.438. The summed E-state index contributed by atoms with van der Waals surface area (Å²) in [5, 5.41) is 13.7. The smallest absolute Gasteiger partial charge is 0.387 e. The average Bonchev–Trinajstić information content (AvgIpc) is 2.92. The van der Waals surface area contributed by atoms with Crippen LogP contribution in [0.5, 0.6) is 0 Å². The van der Waals surface area contributed by atoms with Gasteiger partial charge in [0.25, 0.3) is 0 Å². The van der Waals surface area contributed by atoms with Crippen molar-refractivity contribution in [2.75, 3.05) is 0 Å². The van der Waals surface area contributed by atoms with Gasteiger partial charge in [0.2, 0.25) is 0 Å². The van der Waals surface area contributed by atoms with Crippen LogP contribution in [0.3, 0.4) is 0 Å². The molecule has 7 heteroatoms. The zero-order valence-electron chi connectivity index (χ0n) is 12.9. The fourth-order valence-electron chi connectivity index (χ4n) is 2.30. The van der Waals surface area contributed by atoms with E-state index in [2.05, 4.69) is 10.3 Å². The molecule has 0 aliphatic heterocycles. The number of benzene rings is 1. The molecule has 2 atom stereocenters. The molecule has 126 valence electrons. The Balaban J connectivity index is 2.04. The second-order valence-corrected chi connectivity index (χ2v) is 6.26. The maximum Gasteiger partial charge on any atom is 0.416 e. The van der Waals surface area contributed by atoms with Gasteiger partial charge in [-0.2, -0.15) is 13.2 Å². The molecule has 0 amide bonds. The van der Waals surface area contributed by atoms with Crippen LogP contribution in [0.2, 0.25) is 0 Å². The average molecular weight is 344 g/mol. The standard InChI is InChI=1S/C16H19F3N2OS/c1-3-13(20-8-14-10(2)21-9-23-14)15(22)11-4-6-12(7-5-11)16(17,18)19/h4-7,9,13,15,20,22H,3,8H2,1-2H3. The largest absolute Gasteiger partial charge is 0.416 e. The number of nitrogens with one attached hydrogen (secondary N) is 1. The Morgan fingerprint density at radius 1 is 1.26 bits per heavy atom. The van der Waals surface area contributed by atoms with E-state index in [4.69, 9.17) is 0 Å². The molecule has 3 nitrogen and oxygen atoms in total. The van der Waals surface area contributed by atoms with Gasteiger partial charge in [0.1, 0.15) is 0 Å². The predicted octanol–water partition coefficient (Wildman–Crippen LogP) is 4.07. The van der Waals surface area contributed by atoms with Gasteiger partial charge >= 0.3 is 6.18 Å². The van der Waals surface area contributed by atoms with Crippen LogP contribution in [0.1, 0.15) is 41.1 Å². The van der Waals surface area contributed by atoms with Gasteiger partial charge in [0.05, 0.1) is 22.9 Å². The number of halogens is 3. The summed E-state index contributed by atoms with van der Waals surface area (Å²) in [5.41, 5.74) is 2.47. The highest BCUT2D eigenvalue weighted by atomic mass is 32.1. The third kappa shape index (κ3) is 4.53. The molecule has 0 aliphatic rings. The van der Waals surface area contributed by atoms with Crippen molar-refractivity contribution in [3.05, 3.63) is 51.5 Å². The minimum Gasteiger partial charge on any atom is -0.387 e. The molecule has 2 N–H and O–H groups in total. The summed E-state index contributed by atoms with van der Waals surface area (Å²) < 4.78 is 37.7. The van der Waals surface area contributed by atoms with E-state index >= 15 is 0 Å². The summed E-state index contributed by atoms with van der Waals surface area (Å²) in [7, 11) is 0. The lowest BCUT2D eigenvalue weighted by Crippen LogP contribution is -2.34. The molecule has 0 spiro atoms. The van der Waals surface area contributed by atoms with Crippen molar-refractivity contribution in [3.8, 4) is 0 Å². The van der Waals surface area contributed by atoms with Gasteiger partial charge in [0.15, 0.2) is 0 Å². The van der Waals surface area contributed by atoms with Crippen molar-refractivity contribution in [2.45, 2.75) is 45.1 Å². The summed E-state index contributed by atoms with van der Waals surface area (Å²) in [5.74, 6) is 0. The number of hydrogen-bond donors (Lipinski definition) is 2. The minimum absolute atomic E-state index is 0.242. The van der Waals surface area contributed by atoms with Crippen LogP contribution in [0.25, 0.3) is 0 Å². The predicted molar refractivity (Wildman–Crippen MR) is 84.2 cm³/mol. The van der Waals surface area contributed by atoms with Crippen LogP contribution in [0, 0.1) is 6.92 Å². The topological polar surface area (TPSA) is 45.2 Å². The van der Waals surface area contributed by atoms with Crippen LogP contribution in [-0.4, -0.2) is 16.1 Å². The maximum atomic E-state index is 12.6. The molecule has 2 aromatic rings. The summed E-state index contributed by atoms with van der Waals surface area (Å²) in [6.45, 7) is 4.41. The Morgan fingerprint density at radius 3 is 2.39 bits per heavy atom. The highest BCUT2D eigenvalue weighted by Crippen LogP contribution is 2.30. The van der Waals surface area contributed by atoms with Crippen LogP contribution in [-0.2, 0) is 12.7 Å². The number of alkyl halides is 3. The van der Waals surface area contributed by atoms with Gasteiger partial charge < -0.3 is 10.4 Å². The van der Waals surface area contributed by atoms with Crippen molar-refractivity contribution in [3.63, 3.8) is 0 Å². The Bertz CT molecular complexity index is 625. The molecule has 0 fully saturated rings. The number of nitrogens with zero attached hydrogens (tertiary/aromatic N) is 1. The highest BCUT2D eigenvalue weighted by Gasteiger charge is 2.30. The number of hydrogen-bond acceptors (Lipinski definition) is 4. The lowest BCUT2D eigenvalue weighted by atomic mass is 9.99. The van der Waals surface area contributed by atoms with Gasteiger partial charge in [-0.25, -0.2) is 4.98 Å². The van der Waals surface area contributed by atoms with Crippen molar-refractivity contribution < 1.29 is 18.3 Å². The van der Waals surface area contributed by atoms with Crippen LogP contribution >= 0.6 is 11.3 Å². The molecule has 0 bridgehead atoms. The molecule has 0 radical (unpaired) electrons. The lowest BCUT2D eigenvalue weighted by Gasteiger charge is -2.23. The minimum atomic E-state index is -4.37.